The highest BCUT2D eigenvalue weighted by atomic mass is 16.6. The first-order chi connectivity index (χ1) is 13.9. The van der Waals surface area contributed by atoms with Gasteiger partial charge in [0.25, 0.3) is 0 Å². The number of carbonyl (C=O) groups excluding carboxylic acids is 2. The van der Waals surface area contributed by atoms with Crippen molar-refractivity contribution >= 4 is 11.9 Å². The van der Waals surface area contributed by atoms with Crippen LogP contribution in [-0.2, 0) is 20.9 Å². The molecule has 29 heavy (non-hydrogen) atoms. The fraction of sp³-hybridized carbons (Fsp3) is 0.318. The fourth-order valence-electron chi connectivity index (χ4n) is 2.17. The van der Waals surface area contributed by atoms with Gasteiger partial charge >= 0.3 is 11.9 Å². The molecule has 1 N–H and O–H groups in total. The average Bonchev–Trinajstić information content (AvgIpc) is 2.74. The number of nitrogens with zero attached hydrogens (tertiary/aromatic N) is 1. The lowest BCUT2D eigenvalue weighted by atomic mass is 10.1. The maximum absolute atomic E-state index is 11.7. The van der Waals surface area contributed by atoms with Gasteiger partial charge in [0.2, 0.25) is 0 Å². The zero-order valence-electron chi connectivity index (χ0n) is 16.6. The minimum absolute atomic E-state index is 0.0800. The molecule has 7 nitrogen and oxygen atoms in total. The first kappa shape index (κ1) is 21.9. The number of pyridine rings is 1. The monoisotopic (exact) mass is 397 g/mol. The number of esters is 2. The molecule has 0 saturated carbocycles. The lowest BCUT2D eigenvalue weighted by Crippen LogP contribution is -2.17. The molecule has 7 heteroatoms. The molecule has 0 amide bonds. The van der Waals surface area contributed by atoms with Crippen molar-refractivity contribution in [1.82, 2.24) is 4.98 Å². The number of aliphatic hydroxyl groups excluding tert-OH is 1. The summed E-state index contributed by atoms with van der Waals surface area (Å²) < 4.78 is 15.1. The van der Waals surface area contributed by atoms with Crippen LogP contribution in [0.4, 0.5) is 0 Å². The Balaban J connectivity index is 2.03. The van der Waals surface area contributed by atoms with E-state index < -0.39 is 11.9 Å². The number of rotatable bonds is 7. The molecule has 0 aliphatic heterocycles. The highest BCUT2D eigenvalue weighted by Crippen LogP contribution is 2.12. The molecule has 0 spiro atoms. The van der Waals surface area contributed by atoms with Crippen LogP contribution in [0, 0.1) is 17.8 Å². The van der Waals surface area contributed by atoms with Gasteiger partial charge < -0.3 is 19.3 Å². The number of carbonyl (C=O) groups is 2. The van der Waals surface area contributed by atoms with Gasteiger partial charge in [-0.3, -0.25) is 0 Å². The summed E-state index contributed by atoms with van der Waals surface area (Å²) in [7, 11) is 1.26. The Bertz CT molecular complexity index is 909. The predicted molar refractivity (Wildman–Crippen MR) is 105 cm³/mol. The lowest BCUT2D eigenvalue weighted by Gasteiger charge is -2.08. The maximum atomic E-state index is 11.7. The van der Waals surface area contributed by atoms with Crippen LogP contribution in [-0.4, -0.2) is 42.4 Å². The van der Waals surface area contributed by atoms with Crippen molar-refractivity contribution in [3.8, 4) is 17.6 Å². The molecule has 0 saturated heterocycles. The Morgan fingerprint density at radius 2 is 1.79 bits per heavy atom. The number of aromatic nitrogens is 1. The summed E-state index contributed by atoms with van der Waals surface area (Å²) in [6, 6.07) is 9.99. The molecule has 0 aliphatic carbocycles. The molecule has 1 aromatic carbocycles. The predicted octanol–water partition coefficient (Wildman–Crippen LogP) is 2.34. The number of benzene rings is 1. The molecular formula is C22H23NO6. The SMILES string of the molecule is COC(=O)c1cc(C#Cc2ccc(OCC(=O)OCC(C)C)cc2)cc(CO)n1. The first-order valence-electron chi connectivity index (χ1n) is 9.02. The van der Waals surface area contributed by atoms with Crippen LogP contribution in [0.15, 0.2) is 36.4 Å². The normalized spacial score (nSPS) is 10.1. The highest BCUT2D eigenvalue weighted by Gasteiger charge is 2.10. The molecule has 0 unspecified atom stereocenters. The van der Waals surface area contributed by atoms with Gasteiger partial charge in [0.15, 0.2) is 6.61 Å². The van der Waals surface area contributed by atoms with E-state index in [2.05, 4.69) is 21.6 Å². The fourth-order valence-corrected chi connectivity index (χ4v) is 2.17. The minimum Gasteiger partial charge on any atom is -0.482 e. The summed E-state index contributed by atoms with van der Waals surface area (Å²) >= 11 is 0. The molecule has 0 bridgehead atoms. The van der Waals surface area contributed by atoms with Crippen molar-refractivity contribution in [2.45, 2.75) is 20.5 Å². The molecule has 1 heterocycles. The second-order valence-electron chi connectivity index (χ2n) is 6.52. The minimum atomic E-state index is -0.600. The van der Waals surface area contributed by atoms with Crippen molar-refractivity contribution in [1.29, 1.82) is 0 Å². The van der Waals surface area contributed by atoms with E-state index in [4.69, 9.17) is 9.47 Å². The van der Waals surface area contributed by atoms with E-state index in [9.17, 15) is 14.7 Å². The third-order valence-electron chi connectivity index (χ3n) is 3.57. The van der Waals surface area contributed by atoms with E-state index in [1.807, 2.05) is 13.8 Å². The zero-order valence-corrected chi connectivity index (χ0v) is 16.6. The lowest BCUT2D eigenvalue weighted by molar-refractivity contribution is -0.147. The summed E-state index contributed by atoms with van der Waals surface area (Å²) in [4.78, 5) is 27.2. The molecule has 0 aliphatic rings. The highest BCUT2D eigenvalue weighted by molar-refractivity contribution is 5.87. The second-order valence-corrected chi connectivity index (χ2v) is 6.52. The smallest absolute Gasteiger partial charge is 0.356 e. The van der Waals surface area contributed by atoms with E-state index in [1.54, 1.807) is 30.3 Å². The third-order valence-corrected chi connectivity index (χ3v) is 3.57. The van der Waals surface area contributed by atoms with Gasteiger partial charge in [0, 0.05) is 11.1 Å². The number of methoxy groups -OCH3 is 1. The molecular weight excluding hydrogens is 374 g/mol. The Kier molecular flexibility index (Phi) is 8.19. The molecule has 0 atom stereocenters. The molecule has 1 aromatic heterocycles. The molecule has 0 fully saturated rings. The average molecular weight is 397 g/mol. The van der Waals surface area contributed by atoms with Crippen LogP contribution < -0.4 is 4.74 Å². The van der Waals surface area contributed by atoms with Gasteiger partial charge in [-0.15, -0.1) is 0 Å². The Morgan fingerprint density at radius 1 is 1.10 bits per heavy atom. The Morgan fingerprint density at radius 3 is 2.41 bits per heavy atom. The van der Waals surface area contributed by atoms with Crippen LogP contribution in [0.1, 0.15) is 41.2 Å². The number of ether oxygens (including phenoxy) is 3. The van der Waals surface area contributed by atoms with Gasteiger partial charge in [-0.05, 0) is 42.3 Å². The number of hydrogen-bond acceptors (Lipinski definition) is 7. The van der Waals surface area contributed by atoms with Crippen LogP contribution in [0.2, 0.25) is 0 Å². The van der Waals surface area contributed by atoms with Gasteiger partial charge in [0.05, 0.1) is 26.0 Å². The number of aliphatic hydroxyl groups is 1. The summed E-state index contributed by atoms with van der Waals surface area (Å²) in [6.07, 6.45) is 0. The Labute approximate surface area is 169 Å². The van der Waals surface area contributed by atoms with E-state index >= 15 is 0 Å². The summed E-state index contributed by atoms with van der Waals surface area (Å²) in [5, 5.41) is 9.30. The zero-order chi connectivity index (χ0) is 21.2. The molecule has 2 aromatic rings. The molecule has 2 rings (SSSR count). The van der Waals surface area contributed by atoms with Gasteiger partial charge in [-0.2, -0.15) is 0 Å². The van der Waals surface area contributed by atoms with Crippen molar-refractivity contribution in [3.63, 3.8) is 0 Å². The summed E-state index contributed by atoms with van der Waals surface area (Å²) in [5.41, 5.74) is 1.64. The van der Waals surface area contributed by atoms with Crippen LogP contribution >= 0.6 is 0 Å². The maximum Gasteiger partial charge on any atom is 0.356 e. The van der Waals surface area contributed by atoms with Gasteiger partial charge in [-0.25, -0.2) is 14.6 Å². The molecule has 152 valence electrons. The summed E-state index contributed by atoms with van der Waals surface area (Å²) in [5.74, 6) is 5.67. The largest absolute Gasteiger partial charge is 0.482 e. The quantitative estimate of drug-likeness (QED) is 0.566. The Hall–Kier alpha value is -3.37. The number of hydrogen-bond donors (Lipinski definition) is 1. The van der Waals surface area contributed by atoms with E-state index in [0.717, 1.165) is 0 Å². The van der Waals surface area contributed by atoms with Gasteiger partial charge in [-0.1, -0.05) is 25.7 Å². The van der Waals surface area contributed by atoms with Crippen LogP contribution in [0.3, 0.4) is 0 Å². The van der Waals surface area contributed by atoms with Crippen molar-refractivity contribution in [3.05, 3.63) is 58.9 Å². The van der Waals surface area contributed by atoms with Crippen LogP contribution in [0.5, 0.6) is 5.75 Å². The third kappa shape index (κ3) is 7.28. The van der Waals surface area contributed by atoms with Crippen molar-refractivity contribution in [2.75, 3.05) is 20.3 Å². The summed E-state index contributed by atoms with van der Waals surface area (Å²) in [6.45, 7) is 3.81. The van der Waals surface area contributed by atoms with Crippen molar-refractivity contribution < 1.29 is 28.9 Å². The second kappa shape index (κ2) is 10.8. The molecule has 0 radical (unpaired) electrons. The van der Waals surface area contributed by atoms with Crippen molar-refractivity contribution in [2.24, 2.45) is 5.92 Å². The van der Waals surface area contributed by atoms with Crippen LogP contribution in [0.25, 0.3) is 0 Å². The van der Waals surface area contributed by atoms with Gasteiger partial charge in [0.1, 0.15) is 11.4 Å². The van der Waals surface area contributed by atoms with E-state index in [-0.39, 0.29) is 24.8 Å². The van der Waals surface area contributed by atoms with E-state index in [0.29, 0.717) is 29.2 Å². The van der Waals surface area contributed by atoms with E-state index in [1.165, 1.54) is 13.2 Å². The topological polar surface area (TPSA) is 95.0 Å². The standard InChI is InChI=1S/C22H23NO6/c1-15(2)13-29-21(25)14-28-19-8-6-16(7-9-19)4-5-17-10-18(12-24)23-20(11-17)22(26)27-3/h6-11,15,24H,12-14H2,1-3H3. The first-order valence-corrected chi connectivity index (χ1v) is 9.02.